The van der Waals surface area contributed by atoms with Crippen LogP contribution < -0.4 is 5.32 Å². The smallest absolute Gasteiger partial charge is 0.228 e. The molecule has 94 valence electrons. The van der Waals surface area contributed by atoms with E-state index in [-0.39, 0.29) is 11.8 Å². The van der Waals surface area contributed by atoms with Crippen LogP contribution in [0.15, 0.2) is 34.3 Å². The quantitative estimate of drug-likeness (QED) is 0.383. The molecule has 1 aromatic rings. The van der Waals surface area contributed by atoms with Gasteiger partial charge in [0.1, 0.15) is 0 Å². The summed E-state index contributed by atoms with van der Waals surface area (Å²) in [7, 11) is 0. The lowest BCUT2D eigenvalue weighted by molar-refractivity contribution is -0.122. The van der Waals surface area contributed by atoms with Crippen LogP contribution in [0.25, 0.3) is 10.4 Å². The van der Waals surface area contributed by atoms with Gasteiger partial charge in [-0.15, -0.1) is 11.8 Å². The maximum Gasteiger partial charge on any atom is 0.228 e. The topological polar surface area (TPSA) is 77.9 Å². The number of hydrogen-bond donors (Lipinski definition) is 1. The van der Waals surface area contributed by atoms with Crippen LogP contribution in [0.1, 0.15) is 17.9 Å². The summed E-state index contributed by atoms with van der Waals surface area (Å²) in [4.78, 5) is 15.9. The van der Waals surface area contributed by atoms with Crippen LogP contribution in [-0.4, -0.2) is 24.7 Å². The minimum absolute atomic E-state index is 0.0503. The highest BCUT2D eigenvalue weighted by Gasteiger charge is 2.28. The standard InChI is InChI=1S/C12H14N4OS/c13-16-15-7-3-6-14-12(17)10-8-18-11-5-2-1-4-9(10)11/h1-2,4-5,10H,3,6-8H2,(H,14,17). The van der Waals surface area contributed by atoms with Gasteiger partial charge in [-0.3, -0.25) is 4.79 Å². The zero-order valence-electron chi connectivity index (χ0n) is 9.87. The first-order valence-electron chi connectivity index (χ1n) is 5.83. The van der Waals surface area contributed by atoms with Crippen molar-refractivity contribution in [3.8, 4) is 0 Å². The highest BCUT2D eigenvalue weighted by molar-refractivity contribution is 7.99. The SMILES string of the molecule is [N-]=[N+]=NCCCNC(=O)C1CSc2ccccc21. The van der Waals surface area contributed by atoms with E-state index in [1.54, 1.807) is 11.8 Å². The van der Waals surface area contributed by atoms with E-state index in [0.717, 1.165) is 11.3 Å². The van der Waals surface area contributed by atoms with Crippen molar-refractivity contribution in [2.24, 2.45) is 5.11 Å². The Morgan fingerprint density at radius 3 is 3.22 bits per heavy atom. The fraction of sp³-hybridized carbons (Fsp3) is 0.417. The minimum Gasteiger partial charge on any atom is -0.356 e. The first kappa shape index (κ1) is 12.8. The Balaban J connectivity index is 1.86. The van der Waals surface area contributed by atoms with Gasteiger partial charge < -0.3 is 5.32 Å². The number of amides is 1. The predicted octanol–water partition coefficient (Wildman–Crippen LogP) is 2.69. The van der Waals surface area contributed by atoms with E-state index in [4.69, 9.17) is 5.53 Å². The number of benzene rings is 1. The summed E-state index contributed by atoms with van der Waals surface area (Å²) in [5, 5.41) is 6.32. The fourth-order valence-corrected chi connectivity index (χ4v) is 3.14. The van der Waals surface area contributed by atoms with Crippen molar-refractivity contribution >= 4 is 17.7 Å². The van der Waals surface area contributed by atoms with Crippen LogP contribution in [0.5, 0.6) is 0 Å². The van der Waals surface area contributed by atoms with Gasteiger partial charge in [-0.25, -0.2) is 0 Å². The Kier molecular flexibility index (Phi) is 4.50. The number of nitrogens with one attached hydrogen (secondary N) is 1. The van der Waals surface area contributed by atoms with E-state index >= 15 is 0 Å². The number of azide groups is 1. The minimum atomic E-state index is -0.0503. The maximum absolute atomic E-state index is 12.0. The first-order valence-corrected chi connectivity index (χ1v) is 6.82. The summed E-state index contributed by atoms with van der Waals surface area (Å²) in [5.74, 6) is 0.820. The van der Waals surface area contributed by atoms with Crippen molar-refractivity contribution < 1.29 is 4.79 Å². The van der Waals surface area contributed by atoms with Gasteiger partial charge in [0.15, 0.2) is 0 Å². The number of hydrogen-bond acceptors (Lipinski definition) is 3. The van der Waals surface area contributed by atoms with E-state index in [2.05, 4.69) is 21.4 Å². The zero-order valence-corrected chi connectivity index (χ0v) is 10.7. The second-order valence-electron chi connectivity index (χ2n) is 4.00. The van der Waals surface area contributed by atoms with E-state index in [1.165, 1.54) is 4.90 Å². The number of rotatable bonds is 5. The molecule has 0 fully saturated rings. The van der Waals surface area contributed by atoms with Crippen LogP contribution in [-0.2, 0) is 4.79 Å². The van der Waals surface area contributed by atoms with Crippen molar-refractivity contribution in [2.45, 2.75) is 17.2 Å². The van der Waals surface area contributed by atoms with E-state index in [0.29, 0.717) is 19.5 Å². The molecule has 1 unspecified atom stereocenters. The largest absolute Gasteiger partial charge is 0.356 e. The van der Waals surface area contributed by atoms with Gasteiger partial charge in [0.25, 0.3) is 0 Å². The van der Waals surface area contributed by atoms with E-state index < -0.39 is 0 Å². The van der Waals surface area contributed by atoms with Gasteiger partial charge in [-0.05, 0) is 23.6 Å². The number of carbonyl (C=O) groups is 1. The molecule has 2 rings (SSSR count). The molecule has 1 N–H and O–H groups in total. The van der Waals surface area contributed by atoms with Crippen molar-refractivity contribution in [3.63, 3.8) is 0 Å². The molecule has 1 aliphatic heterocycles. The molecule has 1 heterocycles. The molecule has 6 heteroatoms. The molecule has 1 aromatic carbocycles. The van der Waals surface area contributed by atoms with Crippen LogP contribution >= 0.6 is 11.8 Å². The van der Waals surface area contributed by atoms with Crippen molar-refractivity contribution in [1.82, 2.24) is 5.32 Å². The fourth-order valence-electron chi connectivity index (χ4n) is 1.91. The molecule has 1 atom stereocenters. The maximum atomic E-state index is 12.0. The lowest BCUT2D eigenvalue weighted by Crippen LogP contribution is -2.30. The lowest BCUT2D eigenvalue weighted by atomic mass is 10.0. The lowest BCUT2D eigenvalue weighted by Gasteiger charge is -2.10. The van der Waals surface area contributed by atoms with Gasteiger partial charge in [0, 0.05) is 28.6 Å². The monoisotopic (exact) mass is 262 g/mol. The molecule has 0 aliphatic carbocycles. The normalized spacial score (nSPS) is 16.8. The molecule has 0 radical (unpaired) electrons. The molecule has 0 bridgehead atoms. The third kappa shape index (κ3) is 2.97. The Morgan fingerprint density at radius 1 is 1.56 bits per heavy atom. The molecular weight excluding hydrogens is 248 g/mol. The summed E-state index contributed by atoms with van der Waals surface area (Å²) in [6, 6.07) is 8.02. The van der Waals surface area contributed by atoms with Crippen LogP contribution in [0.2, 0.25) is 0 Å². The molecule has 0 saturated heterocycles. The number of carbonyl (C=O) groups excluding carboxylic acids is 1. The second-order valence-corrected chi connectivity index (χ2v) is 5.06. The summed E-state index contributed by atoms with van der Waals surface area (Å²) in [6.07, 6.45) is 0.678. The molecule has 5 nitrogen and oxygen atoms in total. The van der Waals surface area contributed by atoms with Crippen LogP contribution in [0.4, 0.5) is 0 Å². The summed E-state index contributed by atoms with van der Waals surface area (Å²) >= 11 is 1.72. The van der Waals surface area contributed by atoms with Gasteiger partial charge >= 0.3 is 0 Å². The average Bonchev–Trinajstić information content (AvgIpc) is 2.82. The Morgan fingerprint density at radius 2 is 2.39 bits per heavy atom. The van der Waals surface area contributed by atoms with E-state index in [9.17, 15) is 4.79 Å². The zero-order chi connectivity index (χ0) is 12.8. The third-order valence-corrected chi connectivity index (χ3v) is 4.00. The first-order chi connectivity index (χ1) is 8.83. The van der Waals surface area contributed by atoms with Crippen LogP contribution in [0, 0.1) is 0 Å². The summed E-state index contributed by atoms with van der Waals surface area (Å²) < 4.78 is 0. The second kappa shape index (κ2) is 6.33. The molecule has 0 aromatic heterocycles. The van der Waals surface area contributed by atoms with Gasteiger partial charge in [-0.2, -0.15) is 0 Å². The third-order valence-electron chi connectivity index (χ3n) is 2.81. The summed E-state index contributed by atoms with van der Waals surface area (Å²) in [6.45, 7) is 0.980. The van der Waals surface area contributed by atoms with Crippen molar-refractivity contribution in [3.05, 3.63) is 40.3 Å². The van der Waals surface area contributed by atoms with Gasteiger partial charge in [0.05, 0.1) is 5.92 Å². The molecule has 18 heavy (non-hydrogen) atoms. The molecule has 1 amide bonds. The van der Waals surface area contributed by atoms with Gasteiger partial charge in [0.2, 0.25) is 5.91 Å². The average molecular weight is 262 g/mol. The van der Waals surface area contributed by atoms with Crippen molar-refractivity contribution in [2.75, 3.05) is 18.8 Å². The Hall–Kier alpha value is -1.65. The van der Waals surface area contributed by atoms with Crippen LogP contribution in [0.3, 0.4) is 0 Å². The predicted molar refractivity (Wildman–Crippen MR) is 71.5 cm³/mol. The molecule has 0 spiro atoms. The molecular formula is C12H14N4OS. The summed E-state index contributed by atoms with van der Waals surface area (Å²) in [5.41, 5.74) is 9.25. The van der Waals surface area contributed by atoms with Crippen molar-refractivity contribution in [1.29, 1.82) is 0 Å². The number of fused-ring (bicyclic) bond motifs is 1. The van der Waals surface area contributed by atoms with E-state index in [1.807, 2.05) is 18.2 Å². The molecule has 1 aliphatic rings. The molecule has 0 saturated carbocycles. The van der Waals surface area contributed by atoms with Gasteiger partial charge in [-0.1, -0.05) is 23.3 Å². The number of thioether (sulfide) groups is 1. The Labute approximate surface area is 110 Å². The highest BCUT2D eigenvalue weighted by Crippen LogP contribution is 2.39. The highest BCUT2D eigenvalue weighted by atomic mass is 32.2. The Bertz CT molecular complexity index is 485. The number of nitrogens with zero attached hydrogens (tertiary/aromatic N) is 3.